The van der Waals surface area contributed by atoms with Crippen LogP contribution in [0, 0.1) is 0 Å². The molecule has 1 N–H and O–H groups in total. The van der Waals surface area contributed by atoms with Gasteiger partial charge in [-0.3, -0.25) is 14.4 Å². The smallest absolute Gasteiger partial charge is 0.258 e. The lowest BCUT2D eigenvalue weighted by atomic mass is 9.90. The topological polar surface area (TPSA) is 82.2 Å². The van der Waals surface area contributed by atoms with E-state index >= 15 is 0 Å². The standard InChI is InChI=1S/C32H34BrClN4O4/c1-36-14-16-37(17-15-36)30(39)19-21-6-5-13-38(28-12-10-23(34)20-25(21)28)32(41)22-9-11-27(29(18-22)42-2)35-31(40)24-7-3-4-8-26(24)33/h3-4,7-12,18,20-21H,5-6,13-17,19H2,1-2H3,(H,35,40). The van der Waals surface area contributed by atoms with Crippen LogP contribution in [0.5, 0.6) is 5.75 Å². The predicted octanol–water partition coefficient (Wildman–Crippen LogP) is 6.05. The fourth-order valence-corrected chi connectivity index (χ4v) is 6.25. The third kappa shape index (κ3) is 6.64. The molecule has 0 spiro atoms. The van der Waals surface area contributed by atoms with Gasteiger partial charge in [-0.05, 0) is 95.8 Å². The monoisotopic (exact) mass is 652 g/mol. The molecule has 2 heterocycles. The molecular weight excluding hydrogens is 620 g/mol. The van der Waals surface area contributed by atoms with Crippen LogP contribution in [0.25, 0.3) is 0 Å². The number of benzene rings is 3. The van der Waals surface area contributed by atoms with E-state index in [2.05, 4.69) is 33.2 Å². The molecule has 0 bridgehead atoms. The van der Waals surface area contributed by atoms with Crippen molar-refractivity contribution in [2.45, 2.75) is 25.2 Å². The molecule has 1 unspecified atom stereocenters. The van der Waals surface area contributed by atoms with Crippen LogP contribution in [0.3, 0.4) is 0 Å². The van der Waals surface area contributed by atoms with Crippen molar-refractivity contribution in [2.75, 3.05) is 57.1 Å². The van der Waals surface area contributed by atoms with Crippen molar-refractivity contribution in [3.05, 3.63) is 86.8 Å². The van der Waals surface area contributed by atoms with E-state index in [4.69, 9.17) is 16.3 Å². The molecule has 10 heteroatoms. The Morgan fingerprint density at radius 3 is 2.50 bits per heavy atom. The van der Waals surface area contributed by atoms with Crippen molar-refractivity contribution < 1.29 is 19.1 Å². The number of nitrogens with one attached hydrogen (secondary N) is 1. The van der Waals surface area contributed by atoms with E-state index in [1.807, 2.05) is 23.1 Å². The maximum absolute atomic E-state index is 13.9. The molecule has 5 rings (SSSR count). The Balaban J connectivity index is 1.37. The lowest BCUT2D eigenvalue weighted by Gasteiger charge is -2.33. The van der Waals surface area contributed by atoms with Gasteiger partial charge in [0.05, 0.1) is 18.4 Å². The number of piperazine rings is 1. The van der Waals surface area contributed by atoms with E-state index in [-0.39, 0.29) is 23.6 Å². The quantitative estimate of drug-likeness (QED) is 0.350. The summed E-state index contributed by atoms with van der Waals surface area (Å²) >= 11 is 9.85. The molecule has 0 saturated carbocycles. The molecule has 3 aromatic carbocycles. The first-order chi connectivity index (χ1) is 20.2. The highest BCUT2D eigenvalue weighted by Crippen LogP contribution is 2.39. The van der Waals surface area contributed by atoms with E-state index in [1.54, 1.807) is 47.4 Å². The van der Waals surface area contributed by atoms with E-state index in [9.17, 15) is 14.4 Å². The molecule has 2 aliphatic rings. The highest BCUT2D eigenvalue weighted by atomic mass is 79.9. The minimum Gasteiger partial charge on any atom is -0.495 e. The molecule has 3 aromatic rings. The third-order valence-electron chi connectivity index (χ3n) is 7.99. The zero-order valence-electron chi connectivity index (χ0n) is 23.7. The van der Waals surface area contributed by atoms with Gasteiger partial charge in [0.15, 0.2) is 0 Å². The van der Waals surface area contributed by atoms with Crippen LogP contribution in [0.4, 0.5) is 11.4 Å². The zero-order valence-corrected chi connectivity index (χ0v) is 26.1. The number of hydrogen-bond donors (Lipinski definition) is 1. The molecule has 3 amide bonds. The molecule has 2 aliphatic heterocycles. The normalized spacial score (nSPS) is 17.3. The number of anilines is 2. The molecular formula is C32H34BrClN4O4. The average molecular weight is 654 g/mol. The number of ether oxygens (including phenoxy) is 1. The molecule has 42 heavy (non-hydrogen) atoms. The lowest BCUT2D eigenvalue weighted by Crippen LogP contribution is -2.47. The summed E-state index contributed by atoms with van der Waals surface area (Å²) in [6, 6.07) is 17.7. The molecule has 1 fully saturated rings. The Morgan fingerprint density at radius 1 is 1.00 bits per heavy atom. The number of halogens is 2. The zero-order chi connectivity index (χ0) is 29.8. The fourth-order valence-electron chi connectivity index (χ4n) is 5.61. The fraction of sp³-hybridized carbons (Fsp3) is 0.344. The van der Waals surface area contributed by atoms with Gasteiger partial charge >= 0.3 is 0 Å². The van der Waals surface area contributed by atoms with E-state index in [1.165, 1.54) is 7.11 Å². The van der Waals surface area contributed by atoms with Crippen molar-refractivity contribution in [3.63, 3.8) is 0 Å². The SMILES string of the molecule is COc1cc(C(=O)N2CCCC(CC(=O)N3CCN(C)CC3)c3cc(Cl)ccc32)ccc1NC(=O)c1ccccc1Br. The Hall–Kier alpha value is -3.40. The predicted molar refractivity (Wildman–Crippen MR) is 169 cm³/mol. The Bertz CT molecular complexity index is 1490. The molecule has 0 aliphatic carbocycles. The molecule has 0 radical (unpaired) electrons. The maximum Gasteiger partial charge on any atom is 0.258 e. The van der Waals surface area contributed by atoms with Gasteiger partial charge in [-0.1, -0.05) is 23.7 Å². The van der Waals surface area contributed by atoms with Gasteiger partial charge in [0.2, 0.25) is 5.91 Å². The summed E-state index contributed by atoms with van der Waals surface area (Å²) in [6.07, 6.45) is 1.91. The van der Waals surface area contributed by atoms with E-state index in [0.29, 0.717) is 45.0 Å². The highest BCUT2D eigenvalue weighted by Gasteiger charge is 2.31. The van der Waals surface area contributed by atoms with Gasteiger partial charge in [0.25, 0.3) is 11.8 Å². The number of hydrogen-bond acceptors (Lipinski definition) is 5. The first-order valence-electron chi connectivity index (χ1n) is 14.1. The van der Waals surface area contributed by atoms with Crippen LogP contribution in [-0.2, 0) is 4.79 Å². The number of carbonyl (C=O) groups is 3. The van der Waals surface area contributed by atoms with Gasteiger partial charge in [-0.25, -0.2) is 0 Å². The van der Waals surface area contributed by atoms with Crippen LogP contribution in [0.2, 0.25) is 5.02 Å². The van der Waals surface area contributed by atoms with Crippen LogP contribution < -0.4 is 15.0 Å². The summed E-state index contributed by atoms with van der Waals surface area (Å²) in [4.78, 5) is 46.0. The molecule has 0 aromatic heterocycles. The lowest BCUT2D eigenvalue weighted by molar-refractivity contribution is -0.133. The number of nitrogens with zero attached hydrogens (tertiary/aromatic N) is 3. The Kier molecular flexibility index (Phi) is 9.50. The minimum absolute atomic E-state index is 0.0342. The number of fused-ring (bicyclic) bond motifs is 1. The van der Waals surface area contributed by atoms with Crippen LogP contribution in [0.15, 0.2) is 65.1 Å². The summed E-state index contributed by atoms with van der Waals surface area (Å²) in [5.41, 5.74) is 3.06. The molecule has 8 nitrogen and oxygen atoms in total. The van der Waals surface area contributed by atoms with Gasteiger partial charge < -0.3 is 24.8 Å². The molecule has 1 saturated heterocycles. The van der Waals surface area contributed by atoms with Gasteiger partial charge in [-0.2, -0.15) is 0 Å². The Morgan fingerprint density at radius 2 is 1.76 bits per heavy atom. The summed E-state index contributed by atoms with van der Waals surface area (Å²) in [5.74, 6) is 0.00166. The number of methoxy groups -OCH3 is 1. The molecule has 1 atom stereocenters. The number of amides is 3. The largest absolute Gasteiger partial charge is 0.495 e. The summed E-state index contributed by atoms with van der Waals surface area (Å²) in [6.45, 7) is 3.72. The van der Waals surface area contributed by atoms with E-state index < -0.39 is 0 Å². The van der Waals surface area contributed by atoms with Crippen molar-refractivity contribution >= 4 is 56.6 Å². The van der Waals surface area contributed by atoms with Gasteiger partial charge in [0.1, 0.15) is 5.75 Å². The summed E-state index contributed by atoms with van der Waals surface area (Å²) in [7, 11) is 3.57. The first-order valence-corrected chi connectivity index (χ1v) is 15.2. The van der Waals surface area contributed by atoms with Crippen molar-refractivity contribution in [3.8, 4) is 5.75 Å². The average Bonchev–Trinajstić information content (AvgIpc) is 3.16. The summed E-state index contributed by atoms with van der Waals surface area (Å²) in [5, 5.41) is 3.45. The van der Waals surface area contributed by atoms with Crippen molar-refractivity contribution in [2.24, 2.45) is 0 Å². The number of carbonyl (C=O) groups excluding carboxylic acids is 3. The minimum atomic E-state index is -0.296. The third-order valence-corrected chi connectivity index (χ3v) is 8.92. The summed E-state index contributed by atoms with van der Waals surface area (Å²) < 4.78 is 6.24. The van der Waals surface area contributed by atoms with Crippen molar-refractivity contribution in [1.29, 1.82) is 0 Å². The van der Waals surface area contributed by atoms with Crippen molar-refractivity contribution in [1.82, 2.24) is 9.80 Å². The second-order valence-corrected chi connectivity index (χ2v) is 12.0. The van der Waals surface area contributed by atoms with Crippen LogP contribution in [0.1, 0.15) is 51.5 Å². The van der Waals surface area contributed by atoms with Crippen LogP contribution in [-0.4, -0.2) is 74.4 Å². The first kappa shape index (κ1) is 30.1. The Labute approximate surface area is 259 Å². The second kappa shape index (κ2) is 13.3. The molecule has 220 valence electrons. The number of rotatable bonds is 6. The number of likely N-dealkylation sites (N-methyl/N-ethyl adjacent to an activating group) is 1. The van der Waals surface area contributed by atoms with Gasteiger partial charge in [0, 0.05) is 59.9 Å². The maximum atomic E-state index is 13.9. The highest BCUT2D eigenvalue weighted by molar-refractivity contribution is 9.10. The second-order valence-electron chi connectivity index (χ2n) is 10.7. The van der Waals surface area contributed by atoms with Gasteiger partial charge in [-0.15, -0.1) is 0 Å². The van der Waals surface area contributed by atoms with Crippen LogP contribution >= 0.6 is 27.5 Å². The van der Waals surface area contributed by atoms with E-state index in [0.717, 1.165) is 50.3 Å².